The van der Waals surface area contributed by atoms with Gasteiger partial charge in [0.1, 0.15) is 11.2 Å². The molecule has 0 saturated heterocycles. The van der Waals surface area contributed by atoms with Gasteiger partial charge in [-0.1, -0.05) is 74.5 Å². The Morgan fingerprint density at radius 1 is 0.743 bits per heavy atom. The summed E-state index contributed by atoms with van der Waals surface area (Å²) in [6, 6.07) is 31.1. The number of hydrogen-bond acceptors (Lipinski definition) is 3. The van der Waals surface area contributed by atoms with Crippen LogP contribution in [0.5, 0.6) is 0 Å². The largest absolute Gasteiger partial charge is 0.456 e. The van der Waals surface area contributed by atoms with Crippen LogP contribution in [0.4, 0.5) is 0 Å². The predicted molar refractivity (Wildman–Crippen MR) is 143 cm³/mol. The van der Waals surface area contributed by atoms with Crippen LogP contribution in [0.25, 0.3) is 33.2 Å². The van der Waals surface area contributed by atoms with Gasteiger partial charge in [-0.2, -0.15) is 0 Å². The molecule has 170 valence electrons. The first-order valence-corrected chi connectivity index (χ1v) is 11.8. The molecule has 0 radical (unpaired) electrons. The molecule has 3 aromatic carbocycles. The van der Waals surface area contributed by atoms with Crippen LogP contribution in [0.1, 0.15) is 39.0 Å². The minimum absolute atomic E-state index is 0.336. The molecule has 0 amide bonds. The van der Waals surface area contributed by atoms with Gasteiger partial charge >= 0.3 is 0 Å². The topological polar surface area (TPSA) is 38.9 Å². The van der Waals surface area contributed by atoms with Crippen molar-refractivity contribution in [2.75, 3.05) is 0 Å². The average Bonchev–Trinajstić information content (AvgIpc) is 3.32. The maximum atomic E-state index is 8.78. The number of aromatic nitrogens is 2. The third kappa shape index (κ3) is 3.89. The molecule has 0 bridgehead atoms. The van der Waals surface area contributed by atoms with Gasteiger partial charge in [0.05, 0.1) is 16.8 Å². The normalized spacial score (nSPS) is 13.1. The second-order valence-corrected chi connectivity index (χ2v) is 9.26. The van der Waals surface area contributed by atoms with Crippen LogP contribution in [0.2, 0.25) is 0 Å². The minimum Gasteiger partial charge on any atom is -0.456 e. The van der Waals surface area contributed by atoms with Crippen molar-refractivity contribution in [3.8, 4) is 11.3 Å². The molecule has 0 aliphatic carbocycles. The number of pyridine rings is 2. The molecule has 0 spiro atoms. The van der Waals surface area contributed by atoms with Crippen LogP contribution in [0.3, 0.4) is 0 Å². The van der Waals surface area contributed by atoms with E-state index in [2.05, 4.69) is 49.2 Å². The number of hydrogen-bond donors (Lipinski definition) is 0. The molecule has 3 aromatic heterocycles. The van der Waals surface area contributed by atoms with Gasteiger partial charge in [0.2, 0.25) is 0 Å². The molecule has 3 nitrogen and oxygen atoms in total. The summed E-state index contributed by atoms with van der Waals surface area (Å²) >= 11 is 0. The maximum Gasteiger partial charge on any atom is 0.138 e. The lowest BCUT2D eigenvalue weighted by Gasteiger charge is -2.25. The van der Waals surface area contributed by atoms with E-state index in [9.17, 15) is 0 Å². The predicted octanol–water partition coefficient (Wildman–Crippen LogP) is 7.96. The molecule has 3 heteroatoms. The van der Waals surface area contributed by atoms with Crippen molar-refractivity contribution in [3.05, 3.63) is 132 Å². The number of fused-ring (bicyclic) bond motifs is 3. The molecule has 0 saturated carbocycles. The summed E-state index contributed by atoms with van der Waals surface area (Å²) in [5.41, 5.74) is 6.16. The highest BCUT2D eigenvalue weighted by molar-refractivity contribution is 6.08. The second-order valence-electron chi connectivity index (χ2n) is 9.26. The van der Waals surface area contributed by atoms with Crippen molar-refractivity contribution in [2.45, 2.75) is 25.6 Å². The van der Waals surface area contributed by atoms with Crippen LogP contribution in [0, 0.1) is 0 Å². The molecule has 6 aromatic rings. The Bertz CT molecular complexity index is 1720. The van der Waals surface area contributed by atoms with Crippen molar-refractivity contribution < 1.29 is 7.16 Å². The molecular weight excluding hydrogens is 428 g/mol. The monoisotopic (exact) mass is 456 g/mol. The van der Waals surface area contributed by atoms with Gasteiger partial charge in [0.25, 0.3) is 0 Å². The summed E-state index contributed by atoms with van der Waals surface area (Å²) in [7, 11) is 0. The Labute approximate surface area is 207 Å². The molecule has 0 fully saturated rings. The first-order valence-electron chi connectivity index (χ1n) is 12.8. The lowest BCUT2D eigenvalue weighted by molar-refractivity contribution is 0.620. The van der Waals surface area contributed by atoms with Gasteiger partial charge in [-0.05, 0) is 59.5 Å². The van der Waals surface area contributed by atoms with Crippen molar-refractivity contribution >= 4 is 21.9 Å². The minimum atomic E-state index is -1.64. The van der Waals surface area contributed by atoms with Gasteiger partial charge in [0.15, 0.2) is 0 Å². The molecule has 6 rings (SSSR count). The Morgan fingerprint density at radius 2 is 1.49 bits per heavy atom. The first kappa shape index (κ1) is 19.1. The third-order valence-electron chi connectivity index (χ3n) is 6.59. The summed E-state index contributed by atoms with van der Waals surface area (Å²) in [4.78, 5) is 9.43. The fraction of sp³-hybridized carbons (Fsp3) is 0.125. The second kappa shape index (κ2) is 8.52. The molecular formula is C32H26N2O. The fourth-order valence-corrected chi connectivity index (χ4v) is 4.70. The van der Waals surface area contributed by atoms with Gasteiger partial charge in [-0.25, -0.2) is 0 Å². The van der Waals surface area contributed by atoms with Crippen molar-refractivity contribution in [1.82, 2.24) is 9.97 Å². The maximum absolute atomic E-state index is 8.78. The van der Waals surface area contributed by atoms with E-state index < -0.39 is 6.37 Å². The van der Waals surface area contributed by atoms with Crippen molar-refractivity contribution in [3.63, 3.8) is 0 Å². The summed E-state index contributed by atoms with van der Waals surface area (Å²) in [6.45, 7) is 4.37. The zero-order valence-electron chi connectivity index (χ0n) is 21.7. The van der Waals surface area contributed by atoms with Crippen LogP contribution >= 0.6 is 0 Å². The standard InChI is InChI=1S/C32H26N2O/c1-32(2,25-11-7-4-8-12-25)31-30-26-21-24(13-14-28(26)35-29(30)16-18-34-31)27-20-23(15-17-33-27)19-22-9-5-3-6-10-22/h3-18,20-21H,19H2,1-2H3/i19D2. The van der Waals surface area contributed by atoms with E-state index >= 15 is 0 Å². The van der Waals surface area contributed by atoms with Crippen LogP contribution in [-0.2, 0) is 11.8 Å². The lowest BCUT2D eigenvalue weighted by atomic mass is 9.79. The van der Waals surface area contributed by atoms with Crippen LogP contribution in [-0.4, -0.2) is 9.97 Å². The Kier molecular flexibility index (Phi) is 4.65. The molecule has 0 N–H and O–H groups in total. The lowest BCUT2D eigenvalue weighted by Crippen LogP contribution is -2.20. The van der Waals surface area contributed by atoms with E-state index in [0.29, 0.717) is 16.8 Å². The zero-order chi connectivity index (χ0) is 25.6. The highest BCUT2D eigenvalue weighted by Gasteiger charge is 2.28. The van der Waals surface area contributed by atoms with Gasteiger partial charge in [0, 0.05) is 31.5 Å². The molecule has 3 heterocycles. The van der Waals surface area contributed by atoms with E-state index in [1.165, 1.54) is 5.56 Å². The third-order valence-corrected chi connectivity index (χ3v) is 6.59. The van der Waals surface area contributed by atoms with E-state index in [1.54, 1.807) is 12.3 Å². The number of benzene rings is 3. The number of rotatable bonds is 5. The Balaban J connectivity index is 1.50. The van der Waals surface area contributed by atoms with Gasteiger partial charge in [-0.3, -0.25) is 9.97 Å². The van der Waals surface area contributed by atoms with Crippen molar-refractivity contribution in [1.29, 1.82) is 0 Å². The van der Waals surface area contributed by atoms with Crippen LogP contribution in [0.15, 0.2) is 114 Å². The van der Waals surface area contributed by atoms with Gasteiger partial charge < -0.3 is 4.42 Å². The van der Waals surface area contributed by atoms with E-state index in [-0.39, 0.29) is 5.41 Å². The highest BCUT2D eigenvalue weighted by Crippen LogP contribution is 2.40. The Morgan fingerprint density at radius 3 is 2.29 bits per heavy atom. The smallest absolute Gasteiger partial charge is 0.138 e. The molecule has 0 atom stereocenters. The summed E-state index contributed by atoms with van der Waals surface area (Å²) in [5, 5.41) is 1.96. The summed E-state index contributed by atoms with van der Waals surface area (Å²) < 4.78 is 23.8. The van der Waals surface area contributed by atoms with E-state index in [0.717, 1.165) is 33.2 Å². The summed E-state index contributed by atoms with van der Waals surface area (Å²) in [6.07, 6.45) is 1.85. The molecule has 35 heavy (non-hydrogen) atoms. The molecule has 0 aliphatic rings. The summed E-state index contributed by atoms with van der Waals surface area (Å²) in [5.74, 6) is 0. The van der Waals surface area contributed by atoms with Gasteiger partial charge in [-0.15, -0.1) is 0 Å². The first-order chi connectivity index (χ1) is 17.9. The molecule has 0 aliphatic heterocycles. The van der Waals surface area contributed by atoms with E-state index in [4.69, 9.17) is 12.1 Å². The highest BCUT2D eigenvalue weighted by atomic mass is 16.3. The van der Waals surface area contributed by atoms with Crippen molar-refractivity contribution in [2.24, 2.45) is 0 Å². The average molecular weight is 457 g/mol. The van der Waals surface area contributed by atoms with Crippen LogP contribution < -0.4 is 0 Å². The SMILES string of the molecule is [2H]C([2H])(c1ccccc1)c1ccnc(-c2ccc3oc4ccnc(C(C)(C)c5ccccc5)c4c3c2)c1. The Hall–Kier alpha value is -4.24. The van der Waals surface area contributed by atoms with E-state index in [1.807, 2.05) is 66.9 Å². The molecule has 0 unspecified atom stereocenters. The number of furan rings is 1. The zero-order valence-corrected chi connectivity index (χ0v) is 19.7. The number of nitrogens with zero attached hydrogens (tertiary/aromatic N) is 2. The quantitative estimate of drug-likeness (QED) is 0.264. The fourth-order valence-electron chi connectivity index (χ4n) is 4.70.